The second-order valence-electron chi connectivity index (χ2n) is 8.64. The van der Waals surface area contributed by atoms with Gasteiger partial charge in [-0.3, -0.25) is 4.79 Å². The molecule has 0 radical (unpaired) electrons. The van der Waals surface area contributed by atoms with Gasteiger partial charge in [0.25, 0.3) is 5.91 Å². The second kappa shape index (κ2) is 7.19. The highest BCUT2D eigenvalue weighted by molar-refractivity contribution is 5.94. The third-order valence-corrected chi connectivity index (χ3v) is 5.38. The third kappa shape index (κ3) is 3.74. The average Bonchev–Trinajstić information content (AvgIpc) is 3.49. The summed E-state index contributed by atoms with van der Waals surface area (Å²) in [5.74, 6) is 2.11. The van der Waals surface area contributed by atoms with Gasteiger partial charge in [0.15, 0.2) is 11.5 Å². The van der Waals surface area contributed by atoms with Crippen LogP contribution in [-0.4, -0.2) is 27.2 Å². The zero-order chi connectivity index (χ0) is 21.6. The maximum atomic E-state index is 12.5. The van der Waals surface area contributed by atoms with E-state index in [2.05, 4.69) is 42.1 Å². The van der Waals surface area contributed by atoms with Crippen molar-refractivity contribution < 1.29 is 14.3 Å². The zero-order valence-electron chi connectivity index (χ0n) is 17.7. The van der Waals surface area contributed by atoms with E-state index in [0.29, 0.717) is 17.9 Å². The van der Waals surface area contributed by atoms with Crippen LogP contribution in [0.4, 0.5) is 0 Å². The number of amides is 1. The molecule has 158 valence electrons. The van der Waals surface area contributed by atoms with E-state index in [1.165, 1.54) is 0 Å². The lowest BCUT2D eigenvalue weighted by Crippen LogP contribution is -2.24. The third-order valence-electron chi connectivity index (χ3n) is 5.38. The summed E-state index contributed by atoms with van der Waals surface area (Å²) in [6, 6.07) is 13.8. The number of aromatic amines is 1. The quantitative estimate of drug-likeness (QED) is 0.515. The maximum absolute atomic E-state index is 12.5. The average molecular weight is 416 g/mol. The summed E-state index contributed by atoms with van der Waals surface area (Å²) in [5, 5.41) is 2.94. The lowest BCUT2D eigenvalue weighted by atomic mass is 10.0. The number of aromatic nitrogens is 3. The summed E-state index contributed by atoms with van der Waals surface area (Å²) in [4.78, 5) is 20.4. The molecule has 0 saturated heterocycles. The fourth-order valence-corrected chi connectivity index (χ4v) is 3.62. The van der Waals surface area contributed by atoms with Gasteiger partial charge in [0.2, 0.25) is 6.79 Å². The van der Waals surface area contributed by atoms with E-state index < -0.39 is 0 Å². The van der Waals surface area contributed by atoms with Crippen molar-refractivity contribution in [2.24, 2.45) is 0 Å². The van der Waals surface area contributed by atoms with Gasteiger partial charge >= 0.3 is 0 Å². The van der Waals surface area contributed by atoms with Crippen LogP contribution in [0.5, 0.6) is 11.5 Å². The highest BCUT2D eigenvalue weighted by Crippen LogP contribution is 2.36. The molecule has 1 aliphatic heterocycles. The Labute approximate surface area is 180 Å². The summed E-state index contributed by atoms with van der Waals surface area (Å²) < 4.78 is 12.9. The van der Waals surface area contributed by atoms with Crippen LogP contribution in [0.3, 0.4) is 0 Å². The Morgan fingerprint density at radius 3 is 2.68 bits per heavy atom. The van der Waals surface area contributed by atoms with Crippen LogP contribution in [0.1, 0.15) is 37.0 Å². The van der Waals surface area contributed by atoms with Crippen LogP contribution >= 0.6 is 0 Å². The van der Waals surface area contributed by atoms with Crippen LogP contribution in [0.2, 0.25) is 0 Å². The predicted octanol–water partition coefficient (Wildman–Crippen LogP) is 4.45. The topological polar surface area (TPSA) is 81.2 Å². The van der Waals surface area contributed by atoms with Gasteiger partial charge in [-0.05, 0) is 62.2 Å². The van der Waals surface area contributed by atoms with E-state index in [0.717, 1.165) is 33.7 Å². The number of rotatable bonds is 4. The molecule has 2 N–H and O–H groups in total. The first-order chi connectivity index (χ1) is 14.9. The fourth-order valence-electron chi connectivity index (χ4n) is 3.62. The molecule has 1 aliphatic rings. The minimum absolute atomic E-state index is 0.0625. The highest BCUT2D eigenvalue weighted by atomic mass is 16.7. The van der Waals surface area contributed by atoms with Gasteiger partial charge in [0.1, 0.15) is 5.82 Å². The van der Waals surface area contributed by atoms with Crippen LogP contribution in [0.25, 0.3) is 22.2 Å². The molecule has 4 aromatic rings. The molecule has 5 rings (SSSR count). The van der Waals surface area contributed by atoms with Crippen molar-refractivity contribution >= 4 is 16.9 Å². The number of carbonyl (C=O) groups is 1. The first-order valence-electron chi connectivity index (χ1n) is 10.2. The Bertz CT molecular complexity index is 1280. The molecule has 0 bridgehead atoms. The smallest absolute Gasteiger partial charge is 0.253 e. The van der Waals surface area contributed by atoms with E-state index >= 15 is 0 Å². The van der Waals surface area contributed by atoms with E-state index in [1.807, 2.05) is 53.4 Å². The van der Waals surface area contributed by atoms with Gasteiger partial charge < -0.3 is 24.3 Å². The van der Waals surface area contributed by atoms with Crippen molar-refractivity contribution in [2.75, 3.05) is 6.79 Å². The monoisotopic (exact) mass is 416 g/mol. The van der Waals surface area contributed by atoms with Crippen LogP contribution < -0.4 is 14.8 Å². The SMILES string of the molecule is CC(C)(C)n1ccc(C(=O)NCc2nc3ccc(-c4ccc5c(c4)OCO5)cc3[nH]2)c1. The molecule has 0 fully saturated rings. The van der Waals surface area contributed by atoms with Gasteiger partial charge in [-0.2, -0.15) is 0 Å². The molecule has 0 atom stereocenters. The number of imidazole rings is 1. The summed E-state index contributed by atoms with van der Waals surface area (Å²) in [6.07, 6.45) is 3.79. The lowest BCUT2D eigenvalue weighted by Gasteiger charge is -2.20. The number of nitrogens with one attached hydrogen (secondary N) is 2. The normalized spacial score (nSPS) is 13.0. The molecule has 0 saturated carbocycles. The van der Waals surface area contributed by atoms with E-state index in [1.54, 1.807) is 0 Å². The largest absolute Gasteiger partial charge is 0.454 e. The molecule has 31 heavy (non-hydrogen) atoms. The Morgan fingerprint density at radius 1 is 1.10 bits per heavy atom. The molecule has 0 aliphatic carbocycles. The summed E-state index contributed by atoms with van der Waals surface area (Å²) in [7, 11) is 0. The number of ether oxygens (including phenoxy) is 2. The Kier molecular flexibility index (Phi) is 4.46. The summed E-state index contributed by atoms with van der Waals surface area (Å²) in [6.45, 7) is 6.88. The summed E-state index contributed by atoms with van der Waals surface area (Å²) >= 11 is 0. The number of fused-ring (bicyclic) bond motifs is 2. The maximum Gasteiger partial charge on any atom is 0.253 e. The van der Waals surface area contributed by atoms with Crippen LogP contribution in [-0.2, 0) is 12.1 Å². The van der Waals surface area contributed by atoms with Gasteiger partial charge in [-0.1, -0.05) is 12.1 Å². The highest BCUT2D eigenvalue weighted by Gasteiger charge is 2.16. The van der Waals surface area contributed by atoms with Gasteiger partial charge in [-0.15, -0.1) is 0 Å². The minimum atomic E-state index is -0.121. The van der Waals surface area contributed by atoms with Crippen molar-refractivity contribution in [2.45, 2.75) is 32.9 Å². The predicted molar refractivity (Wildman–Crippen MR) is 118 cm³/mol. The number of hydrogen-bond acceptors (Lipinski definition) is 4. The second-order valence-corrected chi connectivity index (χ2v) is 8.64. The van der Waals surface area contributed by atoms with Gasteiger partial charge in [0.05, 0.1) is 23.1 Å². The minimum Gasteiger partial charge on any atom is -0.454 e. The lowest BCUT2D eigenvalue weighted by molar-refractivity contribution is 0.0950. The first-order valence-corrected chi connectivity index (χ1v) is 10.2. The fraction of sp³-hybridized carbons (Fsp3) is 0.250. The molecular formula is C24H24N4O3. The standard InChI is InChI=1S/C24H24N4O3/c1-24(2,3)28-9-8-17(13-28)23(29)25-12-22-26-18-6-4-15(10-19(18)27-22)16-5-7-20-21(11-16)31-14-30-20/h4-11,13H,12,14H2,1-3H3,(H,25,29)(H,26,27). The number of H-pyrrole nitrogens is 1. The van der Waals surface area contributed by atoms with Crippen molar-refractivity contribution in [3.8, 4) is 22.6 Å². The van der Waals surface area contributed by atoms with Crippen molar-refractivity contribution in [3.63, 3.8) is 0 Å². The first kappa shape index (κ1) is 19.2. The Balaban J connectivity index is 1.31. The van der Waals surface area contributed by atoms with Crippen LogP contribution in [0, 0.1) is 0 Å². The molecule has 3 heterocycles. The van der Waals surface area contributed by atoms with Crippen molar-refractivity contribution in [3.05, 3.63) is 66.2 Å². The van der Waals surface area contributed by atoms with Crippen molar-refractivity contribution in [1.82, 2.24) is 19.9 Å². The number of benzene rings is 2. The molecule has 1 amide bonds. The molecule has 7 nitrogen and oxygen atoms in total. The number of hydrogen-bond donors (Lipinski definition) is 2. The van der Waals surface area contributed by atoms with Crippen LogP contribution in [0.15, 0.2) is 54.9 Å². The van der Waals surface area contributed by atoms with Gasteiger partial charge in [-0.25, -0.2) is 4.98 Å². The molecule has 7 heteroatoms. The zero-order valence-corrected chi connectivity index (χ0v) is 17.7. The molecule has 2 aromatic carbocycles. The van der Waals surface area contributed by atoms with E-state index in [4.69, 9.17) is 9.47 Å². The molecular weight excluding hydrogens is 392 g/mol. The van der Waals surface area contributed by atoms with E-state index in [9.17, 15) is 4.79 Å². The van der Waals surface area contributed by atoms with Crippen molar-refractivity contribution in [1.29, 1.82) is 0 Å². The molecule has 0 unspecified atom stereocenters. The van der Waals surface area contributed by atoms with E-state index in [-0.39, 0.29) is 18.2 Å². The Hall–Kier alpha value is -3.74. The number of nitrogens with zero attached hydrogens (tertiary/aromatic N) is 2. The molecule has 0 spiro atoms. The van der Waals surface area contributed by atoms with Gasteiger partial charge in [0, 0.05) is 17.9 Å². The summed E-state index contributed by atoms with van der Waals surface area (Å²) in [5.41, 5.74) is 4.43. The molecule has 2 aromatic heterocycles. The Morgan fingerprint density at radius 2 is 1.87 bits per heavy atom. The number of carbonyl (C=O) groups excluding carboxylic acids is 1.